The highest BCUT2D eigenvalue weighted by molar-refractivity contribution is 7.51. The van der Waals surface area contributed by atoms with Crippen molar-refractivity contribution in [3.8, 4) is 0 Å². The van der Waals surface area contributed by atoms with Gasteiger partial charge in [-0.3, -0.25) is 19.5 Å². The van der Waals surface area contributed by atoms with E-state index in [4.69, 9.17) is 9.79 Å². The molecule has 0 aliphatic rings. The summed E-state index contributed by atoms with van der Waals surface area (Å²) in [6.07, 6.45) is -0.624. The summed E-state index contributed by atoms with van der Waals surface area (Å²) < 4.78 is 14.0. The number of rotatable bonds is 5. The Labute approximate surface area is 67.9 Å². The van der Waals surface area contributed by atoms with Crippen molar-refractivity contribution in [3.05, 3.63) is 0 Å². The fourth-order valence-corrected chi connectivity index (χ4v) is 0.802. The molecule has 0 aliphatic carbocycles. The average Bonchev–Trinajstić information content (AvgIpc) is 1.84. The van der Waals surface area contributed by atoms with Crippen LogP contribution in [0.3, 0.4) is 0 Å². The van der Waals surface area contributed by atoms with Crippen LogP contribution in [0.15, 0.2) is 0 Å². The molecule has 0 unspecified atom stereocenters. The van der Waals surface area contributed by atoms with Gasteiger partial charge >= 0.3 is 20.0 Å². The molecule has 0 amide bonds. The van der Waals surface area contributed by atoms with Crippen LogP contribution in [0.2, 0.25) is 0 Å². The van der Waals surface area contributed by atoms with E-state index in [0.717, 1.165) is 0 Å². The Morgan fingerprint density at radius 3 is 2.58 bits per heavy atom. The molecule has 0 aromatic carbocycles. The molecule has 12 heavy (non-hydrogen) atoms. The van der Waals surface area contributed by atoms with Gasteiger partial charge in [-0.05, 0) is 0 Å². The Kier molecular flexibility index (Phi) is 4.68. The van der Waals surface area contributed by atoms with Gasteiger partial charge < -0.3 is 14.5 Å². The second-order valence-corrected chi connectivity index (χ2v) is 3.48. The van der Waals surface area contributed by atoms with Gasteiger partial charge in [-0.2, -0.15) is 0 Å². The molecule has 0 bridgehead atoms. The molecule has 0 aromatic heterocycles. The minimum absolute atomic E-state index is 0.0541. The monoisotopic (exact) mass is 197 g/mol. The summed E-state index contributed by atoms with van der Waals surface area (Å²) in [6, 6.07) is 0. The predicted molar refractivity (Wildman–Crippen MR) is 37.1 cm³/mol. The fourth-order valence-electron chi connectivity index (χ4n) is 0.399. The highest BCUT2D eigenvalue weighted by Gasteiger charge is 2.12. The van der Waals surface area contributed by atoms with Gasteiger partial charge in [0.1, 0.15) is 0 Å². The van der Waals surface area contributed by atoms with Crippen molar-refractivity contribution < 1.29 is 28.7 Å². The number of nitrogens with one attached hydrogen (secondary N) is 1. The van der Waals surface area contributed by atoms with Crippen LogP contribution in [-0.4, -0.2) is 35.1 Å². The average molecular weight is 197 g/mol. The highest BCUT2D eigenvalue weighted by atomic mass is 31.2. The quantitative estimate of drug-likeness (QED) is 0.211. The molecule has 0 fully saturated rings. The molecule has 0 heterocycles. The lowest BCUT2D eigenvalue weighted by molar-refractivity contribution is -0.150. The van der Waals surface area contributed by atoms with Gasteiger partial charge in [0.25, 0.3) is 0 Å². The summed E-state index contributed by atoms with van der Waals surface area (Å²) in [6.45, 7) is -0.467. The number of carbonyl (C=O) groups excluding carboxylic acids is 2. The molecular formula is C4H8NO6P. The molecule has 70 valence electrons. The molecule has 0 saturated heterocycles. The van der Waals surface area contributed by atoms with Gasteiger partial charge in [-0.25, -0.2) is 0 Å². The third-order valence-electron chi connectivity index (χ3n) is 0.767. The maximum Gasteiger partial charge on any atom is 0.339 e. The van der Waals surface area contributed by atoms with E-state index in [2.05, 4.69) is 10.1 Å². The Balaban J connectivity index is 3.50. The van der Waals surface area contributed by atoms with Crippen LogP contribution in [0.25, 0.3) is 0 Å². The van der Waals surface area contributed by atoms with E-state index in [9.17, 15) is 14.2 Å². The molecule has 0 atom stereocenters. The third kappa shape index (κ3) is 7.36. The molecule has 0 saturated carbocycles. The van der Waals surface area contributed by atoms with Crippen molar-refractivity contribution >= 4 is 20.0 Å². The summed E-state index contributed by atoms with van der Waals surface area (Å²) in [5, 5.41) is 2.11. The first-order valence-electron chi connectivity index (χ1n) is 2.84. The molecule has 3 N–H and O–H groups in total. The second-order valence-electron chi connectivity index (χ2n) is 1.84. The number of esters is 1. The van der Waals surface area contributed by atoms with Crippen LogP contribution in [-0.2, 0) is 18.9 Å². The van der Waals surface area contributed by atoms with Crippen LogP contribution in [0.1, 0.15) is 0 Å². The van der Waals surface area contributed by atoms with E-state index in [1.807, 2.05) is 0 Å². The first-order valence-corrected chi connectivity index (χ1v) is 4.64. The number of hydrogen-bond donors (Lipinski definition) is 3. The Bertz CT molecular complexity index is 210. The van der Waals surface area contributed by atoms with Crippen molar-refractivity contribution in [1.82, 2.24) is 5.32 Å². The zero-order chi connectivity index (χ0) is 9.61. The maximum atomic E-state index is 10.4. The summed E-state index contributed by atoms with van der Waals surface area (Å²) >= 11 is 0. The van der Waals surface area contributed by atoms with Gasteiger partial charge in [-0.15, -0.1) is 0 Å². The fraction of sp³-hybridized carbons (Fsp3) is 0.500. The Hall–Kier alpha value is -0.750. The van der Waals surface area contributed by atoms with Gasteiger partial charge in [0, 0.05) is 0 Å². The number of ether oxygens (including phenoxy) is 1. The first-order chi connectivity index (χ1) is 5.45. The molecule has 0 aliphatic heterocycles. The van der Waals surface area contributed by atoms with E-state index < -0.39 is 26.4 Å². The van der Waals surface area contributed by atoms with Crippen molar-refractivity contribution in [2.24, 2.45) is 0 Å². The lowest BCUT2D eigenvalue weighted by Crippen LogP contribution is -2.25. The smallest absolute Gasteiger partial charge is 0.339 e. The third-order valence-corrected chi connectivity index (χ3v) is 1.40. The van der Waals surface area contributed by atoms with Crippen molar-refractivity contribution in [2.45, 2.75) is 0 Å². The summed E-state index contributed by atoms with van der Waals surface area (Å²) in [4.78, 5) is 36.5. The predicted octanol–water partition coefficient (Wildman–Crippen LogP) is -1.59. The molecular weight excluding hydrogens is 189 g/mol. The van der Waals surface area contributed by atoms with Gasteiger partial charge in [-0.1, -0.05) is 0 Å². The van der Waals surface area contributed by atoms with E-state index >= 15 is 0 Å². The lowest BCUT2D eigenvalue weighted by Gasteiger charge is -2.03. The molecule has 8 heteroatoms. The standard InChI is InChI=1S/C4H8NO6P/c6-3-11-4(7)1-5-2-12(8,9)10/h3,5H,1-2H2,(H2,8,9,10). The van der Waals surface area contributed by atoms with Crippen LogP contribution >= 0.6 is 7.60 Å². The lowest BCUT2D eigenvalue weighted by atomic mass is 10.7. The van der Waals surface area contributed by atoms with Crippen LogP contribution < -0.4 is 5.32 Å². The van der Waals surface area contributed by atoms with Crippen LogP contribution in [0, 0.1) is 0 Å². The molecule has 0 rings (SSSR count). The van der Waals surface area contributed by atoms with E-state index in [0.29, 0.717) is 0 Å². The Morgan fingerprint density at radius 2 is 2.17 bits per heavy atom. The largest absolute Gasteiger partial charge is 0.395 e. The zero-order valence-corrected chi connectivity index (χ0v) is 6.86. The molecule has 0 aromatic rings. The van der Waals surface area contributed by atoms with E-state index in [1.54, 1.807) is 0 Å². The van der Waals surface area contributed by atoms with Gasteiger partial charge in [0.2, 0.25) is 0 Å². The normalized spacial score (nSPS) is 10.8. The maximum absolute atomic E-state index is 10.4. The van der Waals surface area contributed by atoms with Crippen LogP contribution in [0.4, 0.5) is 0 Å². The van der Waals surface area contributed by atoms with E-state index in [-0.39, 0.29) is 6.47 Å². The van der Waals surface area contributed by atoms with Crippen molar-refractivity contribution in [1.29, 1.82) is 0 Å². The molecule has 0 spiro atoms. The number of carbonyl (C=O) groups is 2. The minimum atomic E-state index is -4.15. The Morgan fingerprint density at radius 1 is 1.58 bits per heavy atom. The number of hydrogen-bond acceptors (Lipinski definition) is 5. The van der Waals surface area contributed by atoms with Crippen molar-refractivity contribution in [3.63, 3.8) is 0 Å². The van der Waals surface area contributed by atoms with Gasteiger partial charge in [0.15, 0.2) is 0 Å². The van der Waals surface area contributed by atoms with Crippen LogP contribution in [0.5, 0.6) is 0 Å². The SMILES string of the molecule is O=COC(=O)CNCP(=O)(O)O. The highest BCUT2D eigenvalue weighted by Crippen LogP contribution is 2.31. The van der Waals surface area contributed by atoms with Crippen molar-refractivity contribution in [2.75, 3.05) is 12.8 Å². The van der Waals surface area contributed by atoms with Gasteiger partial charge in [0.05, 0.1) is 12.8 Å². The van der Waals surface area contributed by atoms with E-state index in [1.165, 1.54) is 0 Å². The first kappa shape index (κ1) is 11.2. The summed E-state index contributed by atoms with van der Waals surface area (Å²) in [5.74, 6) is -0.890. The topological polar surface area (TPSA) is 113 Å². The zero-order valence-electron chi connectivity index (χ0n) is 5.97. The summed E-state index contributed by atoms with van der Waals surface area (Å²) in [7, 11) is -4.15. The summed E-state index contributed by atoms with van der Waals surface area (Å²) in [5.41, 5.74) is 0. The molecule has 7 nitrogen and oxygen atoms in total. The molecule has 0 radical (unpaired) electrons. The second kappa shape index (κ2) is 5.00. The minimum Gasteiger partial charge on any atom is -0.395 e.